The van der Waals surface area contributed by atoms with Crippen LogP contribution in [0.1, 0.15) is 5.69 Å². The van der Waals surface area contributed by atoms with Crippen LogP contribution in [-0.4, -0.2) is 33.4 Å². The third-order valence-electron chi connectivity index (χ3n) is 6.18. The van der Waals surface area contributed by atoms with E-state index in [0.29, 0.717) is 0 Å². The van der Waals surface area contributed by atoms with E-state index in [0.717, 1.165) is 55.5 Å². The topological polar surface area (TPSA) is 75.5 Å². The van der Waals surface area contributed by atoms with Gasteiger partial charge in [-0.1, -0.05) is 6.07 Å². The van der Waals surface area contributed by atoms with Crippen LogP contribution in [0.5, 0.6) is 0 Å². The molecule has 0 aliphatic rings. The molecule has 32 heavy (non-hydrogen) atoms. The summed E-state index contributed by atoms with van der Waals surface area (Å²) in [5, 5.41) is 5.35. The van der Waals surface area contributed by atoms with E-state index in [1.807, 2.05) is 57.8 Å². The van der Waals surface area contributed by atoms with Crippen LogP contribution in [-0.2, 0) is 21.1 Å². The second-order valence-corrected chi connectivity index (χ2v) is 8.23. The highest BCUT2D eigenvalue weighted by Gasteiger charge is 2.19. The van der Waals surface area contributed by atoms with Crippen molar-refractivity contribution in [2.75, 3.05) is 0 Å². The molecule has 0 fully saturated rings. The lowest BCUT2D eigenvalue weighted by Crippen LogP contribution is -2.21. The molecular weight excluding hydrogens is 402 g/mol. The zero-order chi connectivity index (χ0) is 22.1. The molecule has 0 N–H and O–H groups in total. The molecule has 0 saturated heterocycles. The standard InChI is InChI=1S/C24H21N7O/c1-14-22(13-29(3)27-14)31-23-17-9-15(16-10-20-19(25-11-16)7-8-28(20)2)5-6-18(17)26-12-21(23)30(4)24(31)32/h5-13H,1-4H3. The average Bonchev–Trinajstić information content (AvgIpc) is 3.41. The minimum atomic E-state index is -0.123. The number of aryl methyl sites for hydroxylation is 4. The number of fused-ring (bicyclic) bond motifs is 4. The molecule has 0 saturated carbocycles. The molecular formula is C24H21N7O. The number of imidazole rings is 1. The smallest absolute Gasteiger partial charge is 0.333 e. The van der Waals surface area contributed by atoms with Crippen LogP contribution in [0.25, 0.3) is 49.8 Å². The Morgan fingerprint density at radius 1 is 0.875 bits per heavy atom. The van der Waals surface area contributed by atoms with Gasteiger partial charge in [-0.3, -0.25) is 23.8 Å². The summed E-state index contributed by atoms with van der Waals surface area (Å²) in [7, 11) is 5.65. The van der Waals surface area contributed by atoms with E-state index >= 15 is 0 Å². The van der Waals surface area contributed by atoms with Crippen LogP contribution in [0.3, 0.4) is 0 Å². The van der Waals surface area contributed by atoms with E-state index in [2.05, 4.69) is 31.8 Å². The first-order valence-electron chi connectivity index (χ1n) is 10.3. The predicted molar refractivity (Wildman–Crippen MR) is 125 cm³/mol. The normalized spacial score (nSPS) is 11.9. The second kappa shape index (κ2) is 6.40. The fraction of sp³-hybridized carbons (Fsp3) is 0.167. The van der Waals surface area contributed by atoms with Crippen LogP contribution >= 0.6 is 0 Å². The number of pyridine rings is 2. The third-order valence-corrected chi connectivity index (χ3v) is 6.18. The molecule has 8 nitrogen and oxygen atoms in total. The minimum Gasteiger partial charge on any atom is -0.349 e. The van der Waals surface area contributed by atoms with Gasteiger partial charge in [0, 0.05) is 50.7 Å². The highest BCUT2D eigenvalue weighted by atomic mass is 16.1. The molecule has 6 rings (SSSR count). The fourth-order valence-electron chi connectivity index (χ4n) is 4.50. The quantitative estimate of drug-likeness (QED) is 0.427. The molecule has 1 aromatic carbocycles. The Kier molecular flexibility index (Phi) is 3.71. The van der Waals surface area contributed by atoms with Gasteiger partial charge in [0.25, 0.3) is 0 Å². The number of benzene rings is 1. The largest absolute Gasteiger partial charge is 0.349 e. The van der Waals surface area contributed by atoms with Crippen LogP contribution < -0.4 is 5.69 Å². The first-order chi connectivity index (χ1) is 15.4. The maximum absolute atomic E-state index is 13.3. The van der Waals surface area contributed by atoms with Crippen molar-refractivity contribution in [1.82, 2.24) is 33.4 Å². The number of rotatable bonds is 2. The highest BCUT2D eigenvalue weighted by molar-refractivity contribution is 6.04. The Morgan fingerprint density at radius 3 is 2.47 bits per heavy atom. The minimum absolute atomic E-state index is 0.123. The van der Waals surface area contributed by atoms with Gasteiger partial charge < -0.3 is 4.57 Å². The maximum atomic E-state index is 13.3. The highest BCUT2D eigenvalue weighted by Crippen LogP contribution is 2.31. The van der Waals surface area contributed by atoms with E-state index in [9.17, 15) is 4.79 Å². The van der Waals surface area contributed by atoms with Gasteiger partial charge in [0.2, 0.25) is 0 Å². The number of nitrogens with zero attached hydrogens (tertiary/aromatic N) is 7. The molecule has 5 aromatic heterocycles. The van der Waals surface area contributed by atoms with Crippen molar-refractivity contribution in [3.63, 3.8) is 0 Å². The Balaban J connectivity index is 1.69. The van der Waals surface area contributed by atoms with E-state index in [4.69, 9.17) is 0 Å². The van der Waals surface area contributed by atoms with Crippen molar-refractivity contribution in [3.05, 3.63) is 71.3 Å². The van der Waals surface area contributed by atoms with E-state index in [-0.39, 0.29) is 5.69 Å². The molecule has 0 aliphatic carbocycles. The second-order valence-electron chi connectivity index (χ2n) is 8.23. The molecule has 0 atom stereocenters. The Morgan fingerprint density at radius 2 is 1.69 bits per heavy atom. The Labute approximate surface area is 183 Å². The molecule has 0 radical (unpaired) electrons. The molecule has 8 heteroatoms. The molecule has 5 heterocycles. The molecule has 0 unspecified atom stereocenters. The summed E-state index contributed by atoms with van der Waals surface area (Å²) in [4.78, 5) is 22.5. The number of aromatic nitrogens is 7. The van der Waals surface area contributed by atoms with Crippen LogP contribution in [0.2, 0.25) is 0 Å². The van der Waals surface area contributed by atoms with Gasteiger partial charge >= 0.3 is 5.69 Å². The van der Waals surface area contributed by atoms with Crippen molar-refractivity contribution < 1.29 is 0 Å². The van der Waals surface area contributed by atoms with Gasteiger partial charge in [-0.2, -0.15) is 5.10 Å². The van der Waals surface area contributed by atoms with Gasteiger partial charge in [0.05, 0.1) is 45.2 Å². The molecule has 158 valence electrons. The van der Waals surface area contributed by atoms with Crippen molar-refractivity contribution in [3.8, 4) is 16.8 Å². The summed E-state index contributed by atoms with van der Waals surface area (Å²) in [6.07, 6.45) is 7.53. The first kappa shape index (κ1) is 18.6. The SMILES string of the molecule is Cc1nn(C)cc1-n1c(=O)n(C)c2cnc3ccc(-c4cnc5ccn(C)c5c4)cc3c21. The summed E-state index contributed by atoms with van der Waals surface area (Å²) in [6, 6.07) is 10.3. The summed E-state index contributed by atoms with van der Waals surface area (Å²) in [6.45, 7) is 1.91. The van der Waals surface area contributed by atoms with Gasteiger partial charge in [0.1, 0.15) is 0 Å². The summed E-state index contributed by atoms with van der Waals surface area (Å²) in [5.74, 6) is 0. The van der Waals surface area contributed by atoms with E-state index < -0.39 is 0 Å². The van der Waals surface area contributed by atoms with Gasteiger partial charge in [-0.15, -0.1) is 0 Å². The lowest BCUT2D eigenvalue weighted by molar-refractivity contribution is 0.756. The molecule has 0 aliphatic heterocycles. The van der Waals surface area contributed by atoms with E-state index in [1.165, 1.54) is 0 Å². The summed E-state index contributed by atoms with van der Waals surface area (Å²) >= 11 is 0. The number of hydrogen-bond donors (Lipinski definition) is 0. The molecule has 0 amide bonds. The Bertz CT molecular complexity index is 1750. The van der Waals surface area contributed by atoms with Crippen LogP contribution in [0, 0.1) is 6.92 Å². The zero-order valence-corrected chi connectivity index (χ0v) is 18.2. The molecule has 0 spiro atoms. The van der Waals surface area contributed by atoms with Gasteiger partial charge in [-0.25, -0.2) is 4.79 Å². The summed E-state index contributed by atoms with van der Waals surface area (Å²) in [5.41, 5.74) is 7.94. The van der Waals surface area contributed by atoms with Crippen molar-refractivity contribution in [1.29, 1.82) is 0 Å². The first-order valence-corrected chi connectivity index (χ1v) is 10.3. The van der Waals surface area contributed by atoms with E-state index in [1.54, 1.807) is 27.1 Å². The van der Waals surface area contributed by atoms with Crippen molar-refractivity contribution in [2.24, 2.45) is 21.1 Å². The molecule has 6 aromatic rings. The number of hydrogen-bond acceptors (Lipinski definition) is 4. The third kappa shape index (κ3) is 2.49. The monoisotopic (exact) mass is 423 g/mol. The fourth-order valence-corrected chi connectivity index (χ4v) is 4.50. The lowest BCUT2D eigenvalue weighted by Gasteiger charge is -2.08. The summed E-state index contributed by atoms with van der Waals surface area (Å²) < 4.78 is 7.17. The van der Waals surface area contributed by atoms with Crippen LogP contribution in [0.4, 0.5) is 0 Å². The predicted octanol–water partition coefficient (Wildman–Crippen LogP) is 3.47. The van der Waals surface area contributed by atoms with Crippen molar-refractivity contribution >= 4 is 33.0 Å². The average molecular weight is 423 g/mol. The van der Waals surface area contributed by atoms with Gasteiger partial charge in [-0.05, 0) is 36.8 Å². The zero-order valence-electron chi connectivity index (χ0n) is 18.2. The lowest BCUT2D eigenvalue weighted by atomic mass is 10.0. The Hall–Kier alpha value is -4.20. The van der Waals surface area contributed by atoms with Crippen molar-refractivity contribution in [2.45, 2.75) is 6.92 Å². The molecule has 0 bridgehead atoms. The maximum Gasteiger partial charge on any atom is 0.333 e. The van der Waals surface area contributed by atoms with Crippen LogP contribution in [0.15, 0.2) is 59.9 Å². The van der Waals surface area contributed by atoms with Gasteiger partial charge in [0.15, 0.2) is 0 Å².